The van der Waals surface area contributed by atoms with Gasteiger partial charge in [-0.3, -0.25) is 0 Å². The molecule has 40 heavy (non-hydrogen) atoms. The number of rotatable bonds is 12. The highest BCUT2D eigenvalue weighted by Gasteiger charge is 2.46. The molecule has 0 aromatic heterocycles. The fourth-order valence-electron chi connectivity index (χ4n) is 5.52. The van der Waals surface area contributed by atoms with Crippen LogP contribution in [0.3, 0.4) is 0 Å². The number of hydrogen-bond donors (Lipinski definition) is 3. The predicted octanol–water partition coefficient (Wildman–Crippen LogP) is 4.70. The fourth-order valence-corrected chi connectivity index (χ4v) is 5.52. The number of benzene rings is 3. The van der Waals surface area contributed by atoms with Crippen molar-refractivity contribution in [3.8, 4) is 11.5 Å². The summed E-state index contributed by atoms with van der Waals surface area (Å²) in [5.41, 5.74) is 3.00. The summed E-state index contributed by atoms with van der Waals surface area (Å²) in [5, 5.41) is 23.7. The number of hydrogen-bond acceptors (Lipinski definition) is 5. The predicted molar refractivity (Wildman–Crippen MR) is 153 cm³/mol. The number of nitrogens with one attached hydrogen (secondary N) is 1. The first-order valence-electron chi connectivity index (χ1n) is 13.6. The van der Waals surface area contributed by atoms with Crippen LogP contribution in [-0.4, -0.2) is 60.0 Å². The molecule has 0 saturated carbocycles. The van der Waals surface area contributed by atoms with Crippen molar-refractivity contribution in [2.75, 3.05) is 27.4 Å². The summed E-state index contributed by atoms with van der Waals surface area (Å²) < 4.78 is 11.1. The lowest BCUT2D eigenvalue weighted by atomic mass is 9.95. The smallest absolute Gasteiger partial charge is 0.330 e. The van der Waals surface area contributed by atoms with Crippen LogP contribution in [0.5, 0.6) is 11.5 Å². The zero-order valence-corrected chi connectivity index (χ0v) is 23.4. The molecule has 0 radical (unpaired) electrons. The molecule has 3 aromatic carbocycles. The quantitative estimate of drug-likeness (QED) is 0.284. The molecular formula is C32H38N2O6. The van der Waals surface area contributed by atoms with Gasteiger partial charge in [-0.25, -0.2) is 9.59 Å². The third-order valence-corrected chi connectivity index (χ3v) is 7.79. The Morgan fingerprint density at radius 3 is 2.05 bits per heavy atom. The Morgan fingerprint density at radius 2 is 1.52 bits per heavy atom. The van der Waals surface area contributed by atoms with E-state index < -0.39 is 23.6 Å². The molecule has 212 valence electrons. The van der Waals surface area contributed by atoms with E-state index in [-0.39, 0.29) is 19.4 Å². The van der Waals surface area contributed by atoms with Gasteiger partial charge in [0.25, 0.3) is 0 Å². The Labute approximate surface area is 235 Å². The number of fused-ring (bicyclic) bond motifs is 1. The number of nitrogens with zero attached hydrogens (tertiary/aromatic N) is 1. The van der Waals surface area contributed by atoms with Crippen molar-refractivity contribution in [3.63, 3.8) is 0 Å². The van der Waals surface area contributed by atoms with Gasteiger partial charge in [-0.1, -0.05) is 54.6 Å². The molecule has 0 bridgehead atoms. The van der Waals surface area contributed by atoms with Gasteiger partial charge in [0, 0.05) is 24.9 Å². The second-order valence-electron chi connectivity index (χ2n) is 10.3. The van der Waals surface area contributed by atoms with Crippen LogP contribution >= 0.6 is 0 Å². The number of unbranched alkanes of at least 4 members (excludes halogenated alkanes) is 1. The lowest BCUT2D eigenvalue weighted by molar-refractivity contribution is -0.144. The Morgan fingerprint density at radius 1 is 0.950 bits per heavy atom. The highest BCUT2D eigenvalue weighted by atomic mass is 16.5. The maximum Gasteiger partial charge on any atom is 0.330 e. The summed E-state index contributed by atoms with van der Waals surface area (Å²) in [4.78, 5) is 28.1. The van der Waals surface area contributed by atoms with Gasteiger partial charge >= 0.3 is 12.0 Å². The third-order valence-electron chi connectivity index (χ3n) is 7.79. The number of aliphatic hydroxyl groups excluding tert-OH is 1. The molecule has 1 aliphatic rings. The van der Waals surface area contributed by atoms with Gasteiger partial charge in [0.05, 0.1) is 26.9 Å². The molecule has 8 nitrogen and oxygen atoms in total. The van der Waals surface area contributed by atoms with Gasteiger partial charge in [0.1, 0.15) is 17.0 Å². The summed E-state index contributed by atoms with van der Waals surface area (Å²) in [7, 11) is 3.11. The molecular weight excluding hydrogens is 508 g/mol. The van der Waals surface area contributed by atoms with Gasteiger partial charge < -0.3 is 29.9 Å². The molecule has 0 aliphatic heterocycles. The number of carboxylic acids is 1. The number of aliphatic hydroxyl groups is 1. The van der Waals surface area contributed by atoms with Crippen molar-refractivity contribution < 1.29 is 29.3 Å². The third kappa shape index (κ3) is 6.23. The van der Waals surface area contributed by atoms with Crippen molar-refractivity contribution in [2.45, 2.75) is 50.6 Å². The first-order valence-corrected chi connectivity index (χ1v) is 13.6. The van der Waals surface area contributed by atoms with Crippen LogP contribution in [0, 0.1) is 6.92 Å². The SMILES string of the molecule is COc1cc(C(CO)N(CCCCc2ccccc2)C(=O)NC2(C(=O)O)Cc3ccccc3C2)cc(OC)c1C. The standard InChI is InChI=1S/C32H38N2O6/c1-22-28(39-2)17-26(18-29(22)40-3)27(21-35)34(16-10-9-13-23-11-5-4-6-12-23)31(38)33-32(30(36)37)19-24-14-7-8-15-25(24)20-32/h4-8,11-12,14-15,17-18,27,35H,9-10,13,16,19-21H2,1-3H3,(H,33,38)(H,36,37). The van der Waals surface area contributed by atoms with Crippen molar-refractivity contribution in [2.24, 2.45) is 0 Å². The van der Waals surface area contributed by atoms with Gasteiger partial charge in [-0.2, -0.15) is 0 Å². The largest absolute Gasteiger partial charge is 0.496 e. The molecule has 1 aliphatic carbocycles. The van der Waals surface area contributed by atoms with Gasteiger partial charge in [-0.05, 0) is 60.6 Å². The fraction of sp³-hybridized carbons (Fsp3) is 0.375. The van der Waals surface area contributed by atoms with Gasteiger partial charge in [-0.15, -0.1) is 0 Å². The van der Waals surface area contributed by atoms with E-state index in [1.807, 2.05) is 49.4 Å². The number of methoxy groups -OCH3 is 2. The molecule has 1 atom stereocenters. The van der Waals surface area contributed by atoms with Crippen molar-refractivity contribution in [1.82, 2.24) is 10.2 Å². The lowest BCUT2D eigenvalue weighted by Gasteiger charge is -2.35. The molecule has 2 amide bonds. The molecule has 3 N–H and O–H groups in total. The Bertz CT molecular complexity index is 1280. The summed E-state index contributed by atoms with van der Waals surface area (Å²) >= 11 is 0. The number of carboxylic acid groups (broad SMARTS) is 1. The van der Waals surface area contributed by atoms with Crippen molar-refractivity contribution >= 4 is 12.0 Å². The zero-order valence-electron chi connectivity index (χ0n) is 23.4. The summed E-state index contributed by atoms with van der Waals surface area (Å²) in [5.74, 6) is 0.0660. The molecule has 1 unspecified atom stereocenters. The number of amides is 2. The number of carbonyl (C=O) groups excluding carboxylic acids is 1. The van der Waals surface area contributed by atoms with Crippen molar-refractivity contribution in [3.05, 3.63) is 94.5 Å². The number of carbonyl (C=O) groups is 2. The minimum Gasteiger partial charge on any atom is -0.496 e. The van der Waals surface area contributed by atoms with E-state index in [1.54, 1.807) is 31.3 Å². The monoisotopic (exact) mass is 546 g/mol. The zero-order chi connectivity index (χ0) is 28.7. The first kappa shape index (κ1) is 29.0. The van der Waals surface area contributed by atoms with Crippen LogP contribution in [0.15, 0.2) is 66.7 Å². The van der Waals surface area contributed by atoms with Gasteiger partial charge in [0.15, 0.2) is 0 Å². The number of urea groups is 1. The minimum atomic E-state index is -1.47. The molecule has 0 spiro atoms. The maximum absolute atomic E-state index is 14.0. The average Bonchev–Trinajstić information content (AvgIpc) is 3.35. The Hall–Kier alpha value is -4.04. The van der Waals surface area contributed by atoms with E-state index in [0.29, 0.717) is 30.0 Å². The highest BCUT2D eigenvalue weighted by Crippen LogP contribution is 2.35. The summed E-state index contributed by atoms with van der Waals surface area (Å²) in [6.07, 6.45) is 2.73. The van der Waals surface area contributed by atoms with Crippen LogP contribution in [-0.2, 0) is 24.1 Å². The minimum absolute atomic E-state index is 0.196. The topological polar surface area (TPSA) is 108 Å². The van der Waals surface area contributed by atoms with E-state index in [2.05, 4.69) is 17.4 Å². The highest BCUT2D eigenvalue weighted by molar-refractivity contribution is 5.88. The summed E-state index contributed by atoms with van der Waals surface area (Å²) in [6.45, 7) is 1.84. The number of aryl methyl sites for hydroxylation is 1. The van der Waals surface area contributed by atoms with Gasteiger partial charge in [0.2, 0.25) is 0 Å². The number of ether oxygens (including phenoxy) is 2. The molecule has 4 rings (SSSR count). The Balaban J connectivity index is 1.62. The first-order chi connectivity index (χ1) is 19.3. The van der Waals surface area contributed by atoms with E-state index in [1.165, 1.54) is 5.56 Å². The van der Waals surface area contributed by atoms with E-state index >= 15 is 0 Å². The van der Waals surface area contributed by atoms with E-state index in [0.717, 1.165) is 29.5 Å². The summed E-state index contributed by atoms with van der Waals surface area (Å²) in [6, 6.07) is 20.0. The van der Waals surface area contributed by atoms with Crippen LogP contribution in [0.2, 0.25) is 0 Å². The molecule has 0 heterocycles. The van der Waals surface area contributed by atoms with Crippen LogP contribution in [0.4, 0.5) is 4.79 Å². The van der Waals surface area contributed by atoms with Crippen LogP contribution in [0.1, 0.15) is 46.7 Å². The molecule has 0 saturated heterocycles. The van der Waals surface area contributed by atoms with Crippen molar-refractivity contribution in [1.29, 1.82) is 0 Å². The molecule has 3 aromatic rings. The number of aliphatic carboxylic acids is 1. The van der Waals surface area contributed by atoms with Crippen LogP contribution < -0.4 is 14.8 Å². The van der Waals surface area contributed by atoms with E-state index in [9.17, 15) is 19.8 Å². The van der Waals surface area contributed by atoms with E-state index in [4.69, 9.17) is 9.47 Å². The average molecular weight is 547 g/mol. The second kappa shape index (κ2) is 12.9. The maximum atomic E-state index is 14.0. The Kier molecular flexibility index (Phi) is 9.32. The van der Waals surface area contributed by atoms with Crippen LogP contribution in [0.25, 0.3) is 0 Å². The second-order valence-corrected chi connectivity index (χ2v) is 10.3. The normalized spacial score (nSPS) is 14.2. The molecule has 8 heteroatoms. The molecule has 0 fully saturated rings. The lowest BCUT2D eigenvalue weighted by Crippen LogP contribution is -2.59.